The molecule has 5 heteroatoms. The quantitative estimate of drug-likeness (QED) is 0.730. The average molecular weight is 375 g/mol. The molecule has 1 unspecified atom stereocenters. The number of anilines is 2. The Kier molecular flexibility index (Phi) is 5.17. The molecule has 1 fully saturated rings. The summed E-state index contributed by atoms with van der Waals surface area (Å²) in [5, 5.41) is 15.3. The van der Waals surface area contributed by atoms with Crippen LogP contribution in [-0.2, 0) is 4.79 Å². The molecule has 1 heterocycles. The fourth-order valence-corrected chi connectivity index (χ4v) is 3.82. The summed E-state index contributed by atoms with van der Waals surface area (Å²) in [6.45, 7) is 5.07. The molecule has 4 rings (SSSR count). The molecule has 1 saturated heterocycles. The number of hydrogen-bond acceptors (Lipinski definition) is 4. The van der Waals surface area contributed by atoms with Crippen molar-refractivity contribution in [1.82, 2.24) is 4.90 Å². The van der Waals surface area contributed by atoms with Gasteiger partial charge in [-0.3, -0.25) is 9.69 Å². The van der Waals surface area contributed by atoms with Crippen LogP contribution in [0, 0.1) is 0 Å². The van der Waals surface area contributed by atoms with Crippen LogP contribution in [0.2, 0.25) is 0 Å². The zero-order chi connectivity index (χ0) is 19.5. The van der Waals surface area contributed by atoms with E-state index in [0.29, 0.717) is 5.75 Å². The maximum Gasteiger partial charge on any atom is 0.241 e. The molecule has 0 saturated carbocycles. The van der Waals surface area contributed by atoms with Gasteiger partial charge in [0.2, 0.25) is 5.91 Å². The predicted molar refractivity (Wildman–Crippen MR) is 114 cm³/mol. The number of nitrogens with one attached hydrogen (secondary N) is 1. The average Bonchev–Trinajstić information content (AvgIpc) is 2.74. The minimum Gasteiger partial charge on any atom is -0.506 e. The van der Waals surface area contributed by atoms with E-state index in [1.807, 2.05) is 67.6 Å². The van der Waals surface area contributed by atoms with E-state index in [0.717, 1.165) is 48.3 Å². The molecule has 0 radical (unpaired) electrons. The first-order valence-corrected chi connectivity index (χ1v) is 9.69. The Morgan fingerprint density at radius 2 is 1.61 bits per heavy atom. The highest BCUT2D eigenvalue weighted by molar-refractivity contribution is 6.03. The van der Waals surface area contributed by atoms with E-state index in [4.69, 9.17) is 0 Å². The van der Waals surface area contributed by atoms with Crippen LogP contribution in [-0.4, -0.2) is 48.1 Å². The van der Waals surface area contributed by atoms with Crippen molar-refractivity contribution in [3.05, 3.63) is 66.7 Å². The minimum absolute atomic E-state index is 0.00682. The van der Waals surface area contributed by atoms with Gasteiger partial charge >= 0.3 is 0 Å². The van der Waals surface area contributed by atoms with Crippen LogP contribution in [0.3, 0.4) is 0 Å². The Labute approximate surface area is 165 Å². The molecule has 0 aromatic heterocycles. The zero-order valence-corrected chi connectivity index (χ0v) is 16.0. The summed E-state index contributed by atoms with van der Waals surface area (Å²) in [7, 11) is 0. The van der Waals surface area contributed by atoms with Crippen molar-refractivity contribution in [2.75, 3.05) is 36.4 Å². The zero-order valence-electron chi connectivity index (χ0n) is 16.0. The summed E-state index contributed by atoms with van der Waals surface area (Å²) in [5.74, 6) is 0.310. The van der Waals surface area contributed by atoms with Gasteiger partial charge in [0, 0.05) is 37.3 Å². The number of nitrogens with zero attached hydrogens (tertiary/aromatic N) is 2. The Bertz CT molecular complexity index is 975. The highest BCUT2D eigenvalue weighted by atomic mass is 16.3. The molecule has 1 aliphatic rings. The molecule has 0 bridgehead atoms. The first kappa shape index (κ1) is 18.3. The van der Waals surface area contributed by atoms with Crippen LogP contribution >= 0.6 is 0 Å². The summed E-state index contributed by atoms with van der Waals surface area (Å²) in [6, 6.07) is 21.2. The Balaban J connectivity index is 1.40. The topological polar surface area (TPSA) is 55.8 Å². The van der Waals surface area contributed by atoms with Gasteiger partial charge in [-0.25, -0.2) is 0 Å². The van der Waals surface area contributed by atoms with E-state index in [1.54, 1.807) is 6.07 Å². The lowest BCUT2D eigenvalue weighted by atomic mass is 10.1. The number of rotatable bonds is 4. The standard InChI is InChI=1S/C23H25N3O2/c1-17(23(28)24-20-10-6-8-18-7-2-3-9-19(18)20)25-13-15-26(16-14-25)21-11-4-5-12-22(21)27/h2-12,17,27H,13-16H2,1H3,(H,24,28). The van der Waals surface area contributed by atoms with Gasteiger partial charge in [-0.1, -0.05) is 48.5 Å². The van der Waals surface area contributed by atoms with Crippen LogP contribution in [0.15, 0.2) is 66.7 Å². The maximum absolute atomic E-state index is 12.9. The summed E-state index contributed by atoms with van der Waals surface area (Å²) in [4.78, 5) is 17.2. The SMILES string of the molecule is CC(C(=O)Nc1cccc2ccccc12)N1CCN(c2ccccc2O)CC1. The second-order valence-electron chi connectivity index (χ2n) is 7.20. The molecule has 0 aliphatic carbocycles. The van der Waals surface area contributed by atoms with Crippen molar-refractivity contribution in [3.8, 4) is 5.75 Å². The number of hydrogen-bond donors (Lipinski definition) is 2. The first-order chi connectivity index (χ1) is 13.6. The van der Waals surface area contributed by atoms with E-state index < -0.39 is 0 Å². The lowest BCUT2D eigenvalue weighted by Gasteiger charge is -2.38. The maximum atomic E-state index is 12.9. The molecule has 3 aromatic carbocycles. The normalized spacial score (nSPS) is 16.1. The molecular formula is C23H25N3O2. The summed E-state index contributed by atoms with van der Waals surface area (Å²) in [5.41, 5.74) is 1.71. The number of amides is 1. The van der Waals surface area contributed by atoms with E-state index in [9.17, 15) is 9.90 Å². The van der Waals surface area contributed by atoms with Crippen LogP contribution in [0.4, 0.5) is 11.4 Å². The van der Waals surface area contributed by atoms with Gasteiger partial charge in [0.15, 0.2) is 0 Å². The molecule has 1 aliphatic heterocycles. The smallest absolute Gasteiger partial charge is 0.241 e. The molecule has 1 atom stereocenters. The predicted octanol–water partition coefficient (Wildman–Crippen LogP) is 3.69. The van der Waals surface area contributed by atoms with Crippen LogP contribution in [0.25, 0.3) is 10.8 Å². The fraction of sp³-hybridized carbons (Fsp3) is 0.261. The number of carbonyl (C=O) groups is 1. The third-order valence-corrected chi connectivity index (χ3v) is 5.51. The molecule has 0 spiro atoms. The van der Waals surface area contributed by atoms with Gasteiger partial charge in [0.25, 0.3) is 0 Å². The van der Waals surface area contributed by atoms with Crippen LogP contribution in [0.1, 0.15) is 6.92 Å². The van der Waals surface area contributed by atoms with Crippen molar-refractivity contribution >= 4 is 28.1 Å². The molecule has 28 heavy (non-hydrogen) atoms. The number of phenolic OH excluding ortho intramolecular Hbond substituents is 1. The van der Waals surface area contributed by atoms with Crippen molar-refractivity contribution in [3.63, 3.8) is 0 Å². The van der Waals surface area contributed by atoms with Crippen molar-refractivity contribution in [2.45, 2.75) is 13.0 Å². The highest BCUT2D eigenvalue weighted by Crippen LogP contribution is 2.28. The molecule has 3 aromatic rings. The number of phenols is 1. The molecule has 1 amide bonds. The van der Waals surface area contributed by atoms with E-state index in [1.165, 1.54) is 0 Å². The monoisotopic (exact) mass is 375 g/mol. The number of aromatic hydroxyl groups is 1. The summed E-state index contributed by atoms with van der Waals surface area (Å²) < 4.78 is 0. The Morgan fingerprint density at radius 1 is 0.929 bits per heavy atom. The summed E-state index contributed by atoms with van der Waals surface area (Å²) in [6.07, 6.45) is 0. The van der Waals surface area contributed by atoms with Crippen molar-refractivity contribution in [2.24, 2.45) is 0 Å². The van der Waals surface area contributed by atoms with Gasteiger partial charge in [-0.2, -0.15) is 0 Å². The van der Waals surface area contributed by atoms with E-state index >= 15 is 0 Å². The largest absolute Gasteiger partial charge is 0.506 e. The highest BCUT2D eigenvalue weighted by Gasteiger charge is 2.26. The van der Waals surface area contributed by atoms with Gasteiger partial charge in [-0.05, 0) is 30.5 Å². The number of carbonyl (C=O) groups excluding carboxylic acids is 1. The van der Waals surface area contributed by atoms with E-state index in [2.05, 4.69) is 15.1 Å². The summed E-state index contributed by atoms with van der Waals surface area (Å²) >= 11 is 0. The molecular weight excluding hydrogens is 350 g/mol. The van der Waals surface area contributed by atoms with Crippen molar-refractivity contribution < 1.29 is 9.90 Å². The molecule has 5 nitrogen and oxygen atoms in total. The third-order valence-electron chi connectivity index (χ3n) is 5.51. The van der Waals surface area contributed by atoms with Gasteiger partial charge in [0.05, 0.1) is 11.7 Å². The Hall–Kier alpha value is -3.05. The number of para-hydroxylation sites is 2. The van der Waals surface area contributed by atoms with Gasteiger partial charge < -0.3 is 15.3 Å². The van der Waals surface area contributed by atoms with Gasteiger partial charge in [0.1, 0.15) is 5.75 Å². The number of benzene rings is 3. The molecule has 2 N–H and O–H groups in total. The lowest BCUT2D eigenvalue weighted by molar-refractivity contribution is -0.120. The fourth-order valence-electron chi connectivity index (χ4n) is 3.82. The van der Waals surface area contributed by atoms with E-state index in [-0.39, 0.29) is 11.9 Å². The van der Waals surface area contributed by atoms with Gasteiger partial charge in [-0.15, -0.1) is 0 Å². The Morgan fingerprint density at radius 3 is 2.39 bits per heavy atom. The third kappa shape index (κ3) is 3.66. The minimum atomic E-state index is -0.217. The molecule has 144 valence electrons. The second-order valence-corrected chi connectivity index (χ2v) is 7.20. The first-order valence-electron chi connectivity index (χ1n) is 9.69. The van der Waals surface area contributed by atoms with Crippen LogP contribution in [0.5, 0.6) is 5.75 Å². The number of piperazine rings is 1. The second kappa shape index (κ2) is 7.90. The van der Waals surface area contributed by atoms with Crippen molar-refractivity contribution in [1.29, 1.82) is 0 Å². The number of fused-ring (bicyclic) bond motifs is 1. The van der Waals surface area contributed by atoms with Crippen LogP contribution < -0.4 is 10.2 Å². The lowest BCUT2D eigenvalue weighted by Crippen LogP contribution is -2.52.